The van der Waals surface area contributed by atoms with E-state index in [1.54, 1.807) is 12.3 Å². The maximum atomic E-state index is 12.7. The number of hydrogen-bond donors (Lipinski definition) is 0. The molecule has 4 nitrogen and oxygen atoms in total. The molecule has 0 spiro atoms. The lowest BCUT2D eigenvalue weighted by molar-refractivity contribution is 0.0362. The average molecular weight is 310 g/mol. The summed E-state index contributed by atoms with van der Waals surface area (Å²) in [5, 5.41) is 0. The largest absolute Gasteiger partial charge is 0.381 e. The minimum absolute atomic E-state index is 0.0635. The standard InChI is InChI=1S/C19H22N2O2/c1-21(18-8-11-23-12-9-18)19(22)16-7-10-20-17(14-16)13-15-5-3-2-4-6-15/h2-7,10,14,18H,8-9,11-13H2,1H3. The number of carbonyl (C=O) groups is 1. The Bertz CT molecular complexity index is 651. The Morgan fingerprint density at radius 1 is 1.22 bits per heavy atom. The van der Waals surface area contributed by atoms with Crippen LogP contribution in [0.4, 0.5) is 0 Å². The minimum Gasteiger partial charge on any atom is -0.381 e. The van der Waals surface area contributed by atoms with Crippen molar-refractivity contribution in [2.45, 2.75) is 25.3 Å². The number of hydrogen-bond acceptors (Lipinski definition) is 3. The molecule has 1 aromatic heterocycles. The molecule has 4 heteroatoms. The minimum atomic E-state index is 0.0635. The van der Waals surface area contributed by atoms with Crippen LogP contribution in [0.2, 0.25) is 0 Å². The van der Waals surface area contributed by atoms with Crippen molar-refractivity contribution in [2.24, 2.45) is 0 Å². The molecule has 1 amide bonds. The van der Waals surface area contributed by atoms with Gasteiger partial charge in [0.25, 0.3) is 5.91 Å². The number of pyridine rings is 1. The van der Waals surface area contributed by atoms with Crippen LogP contribution < -0.4 is 0 Å². The van der Waals surface area contributed by atoms with Crippen LogP contribution in [0.1, 0.15) is 34.5 Å². The zero-order valence-electron chi connectivity index (χ0n) is 13.4. The fraction of sp³-hybridized carbons (Fsp3) is 0.368. The van der Waals surface area contributed by atoms with Gasteiger partial charge in [0, 0.05) is 50.2 Å². The molecule has 3 rings (SSSR count). The highest BCUT2D eigenvalue weighted by molar-refractivity contribution is 5.94. The Labute approximate surface area is 137 Å². The van der Waals surface area contributed by atoms with Gasteiger partial charge in [-0.15, -0.1) is 0 Å². The third-order valence-corrected chi connectivity index (χ3v) is 4.35. The predicted octanol–water partition coefficient (Wildman–Crippen LogP) is 2.92. The van der Waals surface area contributed by atoms with Gasteiger partial charge in [-0.25, -0.2) is 0 Å². The molecule has 0 aliphatic carbocycles. The van der Waals surface area contributed by atoms with E-state index in [2.05, 4.69) is 17.1 Å². The second kappa shape index (κ2) is 7.38. The number of nitrogens with zero attached hydrogens (tertiary/aromatic N) is 2. The number of amides is 1. The Kier molecular flexibility index (Phi) is 5.03. The third kappa shape index (κ3) is 3.96. The van der Waals surface area contributed by atoms with E-state index in [0.29, 0.717) is 5.56 Å². The number of ether oxygens (including phenoxy) is 1. The highest BCUT2D eigenvalue weighted by Crippen LogP contribution is 2.16. The van der Waals surface area contributed by atoms with Crippen LogP contribution in [0, 0.1) is 0 Å². The molecule has 0 bridgehead atoms. The summed E-state index contributed by atoms with van der Waals surface area (Å²) in [6.45, 7) is 1.47. The Morgan fingerprint density at radius 2 is 1.96 bits per heavy atom. The molecule has 1 aliphatic rings. The lowest BCUT2D eigenvalue weighted by atomic mass is 10.0. The van der Waals surface area contributed by atoms with E-state index >= 15 is 0 Å². The van der Waals surface area contributed by atoms with E-state index in [9.17, 15) is 4.79 Å². The molecule has 1 aliphatic heterocycles. The second-order valence-electron chi connectivity index (χ2n) is 5.96. The average Bonchev–Trinajstić information content (AvgIpc) is 2.62. The molecule has 0 unspecified atom stereocenters. The van der Waals surface area contributed by atoms with Crippen molar-refractivity contribution in [1.82, 2.24) is 9.88 Å². The Hall–Kier alpha value is -2.20. The zero-order chi connectivity index (χ0) is 16.1. The van der Waals surface area contributed by atoms with Crippen LogP contribution in [0.15, 0.2) is 48.7 Å². The number of carbonyl (C=O) groups excluding carboxylic acids is 1. The summed E-state index contributed by atoms with van der Waals surface area (Å²) in [6.07, 6.45) is 4.28. The summed E-state index contributed by atoms with van der Waals surface area (Å²) < 4.78 is 5.37. The summed E-state index contributed by atoms with van der Waals surface area (Å²) in [5.41, 5.74) is 2.82. The van der Waals surface area contributed by atoms with Crippen LogP contribution in [-0.4, -0.2) is 42.1 Å². The predicted molar refractivity (Wildman–Crippen MR) is 89.4 cm³/mol. The van der Waals surface area contributed by atoms with Crippen molar-refractivity contribution in [3.05, 3.63) is 65.5 Å². The fourth-order valence-corrected chi connectivity index (χ4v) is 2.95. The normalized spacial score (nSPS) is 15.3. The van der Waals surface area contributed by atoms with Crippen molar-refractivity contribution in [2.75, 3.05) is 20.3 Å². The van der Waals surface area contributed by atoms with E-state index in [1.165, 1.54) is 5.56 Å². The first kappa shape index (κ1) is 15.7. The number of rotatable bonds is 4. The fourth-order valence-electron chi connectivity index (χ4n) is 2.95. The monoisotopic (exact) mass is 310 g/mol. The molecule has 0 saturated carbocycles. The van der Waals surface area contributed by atoms with Crippen molar-refractivity contribution in [3.63, 3.8) is 0 Å². The van der Waals surface area contributed by atoms with Crippen molar-refractivity contribution >= 4 is 5.91 Å². The van der Waals surface area contributed by atoms with Gasteiger partial charge in [-0.3, -0.25) is 9.78 Å². The Morgan fingerprint density at radius 3 is 2.70 bits per heavy atom. The summed E-state index contributed by atoms with van der Waals surface area (Å²) in [7, 11) is 1.88. The summed E-state index contributed by atoms with van der Waals surface area (Å²) >= 11 is 0. The summed E-state index contributed by atoms with van der Waals surface area (Å²) in [5.74, 6) is 0.0635. The molecule has 2 aromatic rings. The van der Waals surface area contributed by atoms with Crippen molar-refractivity contribution in [3.8, 4) is 0 Å². The molecule has 2 heterocycles. The van der Waals surface area contributed by atoms with Crippen LogP contribution in [-0.2, 0) is 11.2 Å². The van der Waals surface area contributed by atoms with Gasteiger partial charge in [0.15, 0.2) is 0 Å². The van der Waals surface area contributed by atoms with Crippen LogP contribution >= 0.6 is 0 Å². The van der Waals surface area contributed by atoms with E-state index in [4.69, 9.17) is 4.74 Å². The number of benzene rings is 1. The van der Waals surface area contributed by atoms with E-state index < -0.39 is 0 Å². The van der Waals surface area contributed by atoms with Gasteiger partial charge in [0.2, 0.25) is 0 Å². The summed E-state index contributed by atoms with van der Waals surface area (Å²) in [4.78, 5) is 19.0. The zero-order valence-corrected chi connectivity index (χ0v) is 13.4. The van der Waals surface area contributed by atoms with Crippen molar-refractivity contribution < 1.29 is 9.53 Å². The molecule has 0 N–H and O–H groups in total. The third-order valence-electron chi connectivity index (χ3n) is 4.35. The molecule has 1 aromatic carbocycles. The maximum Gasteiger partial charge on any atom is 0.253 e. The molecular formula is C19H22N2O2. The van der Waals surface area contributed by atoms with E-state index in [1.807, 2.05) is 36.2 Å². The van der Waals surface area contributed by atoms with Crippen LogP contribution in [0.3, 0.4) is 0 Å². The molecule has 0 radical (unpaired) electrons. The van der Waals surface area contributed by atoms with Gasteiger partial charge in [-0.1, -0.05) is 30.3 Å². The molecular weight excluding hydrogens is 288 g/mol. The quantitative estimate of drug-likeness (QED) is 0.872. The van der Waals surface area contributed by atoms with Gasteiger partial charge < -0.3 is 9.64 Å². The SMILES string of the molecule is CN(C(=O)c1ccnc(Cc2ccccc2)c1)C1CCOCC1. The van der Waals surface area contributed by atoms with Gasteiger partial charge in [0.05, 0.1) is 0 Å². The lowest BCUT2D eigenvalue weighted by Crippen LogP contribution is -2.40. The van der Waals surface area contributed by atoms with Gasteiger partial charge in [0.1, 0.15) is 0 Å². The number of aromatic nitrogens is 1. The topological polar surface area (TPSA) is 42.4 Å². The van der Waals surface area contributed by atoms with Gasteiger partial charge >= 0.3 is 0 Å². The molecule has 120 valence electrons. The second-order valence-corrected chi connectivity index (χ2v) is 5.96. The van der Waals surface area contributed by atoms with E-state index in [-0.39, 0.29) is 11.9 Å². The van der Waals surface area contributed by atoms with Gasteiger partial charge in [-0.2, -0.15) is 0 Å². The Balaban J connectivity index is 1.72. The summed E-state index contributed by atoms with van der Waals surface area (Å²) in [6, 6.07) is 14.2. The van der Waals surface area contributed by atoms with Crippen LogP contribution in [0.25, 0.3) is 0 Å². The molecule has 0 atom stereocenters. The lowest BCUT2D eigenvalue weighted by Gasteiger charge is -2.31. The first-order chi connectivity index (χ1) is 11.2. The van der Waals surface area contributed by atoms with E-state index in [0.717, 1.165) is 38.2 Å². The maximum absolute atomic E-state index is 12.7. The first-order valence-electron chi connectivity index (χ1n) is 8.08. The molecule has 1 fully saturated rings. The first-order valence-corrected chi connectivity index (χ1v) is 8.08. The highest BCUT2D eigenvalue weighted by atomic mass is 16.5. The van der Waals surface area contributed by atoms with Crippen LogP contribution in [0.5, 0.6) is 0 Å². The van der Waals surface area contributed by atoms with Crippen molar-refractivity contribution in [1.29, 1.82) is 0 Å². The van der Waals surface area contributed by atoms with Gasteiger partial charge in [-0.05, 0) is 30.5 Å². The smallest absolute Gasteiger partial charge is 0.253 e. The molecule has 1 saturated heterocycles. The molecule has 23 heavy (non-hydrogen) atoms. The highest BCUT2D eigenvalue weighted by Gasteiger charge is 2.23.